The number of allylic oxidation sites excluding steroid dienone is 2. The minimum atomic E-state index is 0.318. The first kappa shape index (κ1) is 16.1. The van der Waals surface area contributed by atoms with Gasteiger partial charge in [-0.15, -0.1) is 0 Å². The molecule has 0 spiro atoms. The van der Waals surface area contributed by atoms with Crippen LogP contribution in [0.15, 0.2) is 36.4 Å². The van der Waals surface area contributed by atoms with Crippen molar-refractivity contribution in [1.82, 2.24) is 9.80 Å². The molecule has 0 saturated carbocycles. The highest BCUT2D eigenvalue weighted by Gasteiger charge is 2.23. The Morgan fingerprint density at radius 3 is 2.70 bits per heavy atom. The van der Waals surface area contributed by atoms with E-state index in [1.807, 2.05) is 23.1 Å². The Balaban J connectivity index is 1.48. The van der Waals surface area contributed by atoms with E-state index in [9.17, 15) is 4.79 Å². The zero-order valence-electron chi connectivity index (χ0n) is 13.9. The maximum absolute atomic E-state index is 12.4. The predicted molar refractivity (Wildman–Crippen MR) is 91.3 cm³/mol. The van der Waals surface area contributed by atoms with E-state index in [0.29, 0.717) is 18.2 Å². The van der Waals surface area contributed by atoms with E-state index in [2.05, 4.69) is 23.1 Å². The number of hydrogen-bond acceptors (Lipinski definition) is 3. The lowest BCUT2D eigenvalue weighted by Crippen LogP contribution is -2.48. The molecule has 1 aromatic carbocycles. The molecule has 1 aromatic rings. The van der Waals surface area contributed by atoms with Crippen LogP contribution in [-0.4, -0.2) is 49.0 Å². The van der Waals surface area contributed by atoms with Crippen LogP contribution in [-0.2, 0) is 11.3 Å². The fraction of sp³-hybridized carbons (Fsp3) is 0.526. The van der Waals surface area contributed by atoms with Gasteiger partial charge in [0.25, 0.3) is 0 Å². The molecule has 1 aliphatic carbocycles. The fourth-order valence-electron chi connectivity index (χ4n) is 3.45. The first-order chi connectivity index (χ1) is 11.3. The molecule has 2 aliphatic rings. The number of para-hydroxylation sites is 1. The molecule has 3 rings (SSSR count). The molecule has 1 fully saturated rings. The molecule has 0 bridgehead atoms. The molecule has 0 radical (unpaired) electrons. The summed E-state index contributed by atoms with van der Waals surface area (Å²) in [6.07, 6.45) is 7.35. The zero-order valence-corrected chi connectivity index (χ0v) is 13.9. The number of ether oxygens (including phenoxy) is 1. The maximum Gasteiger partial charge on any atom is 0.223 e. The Kier molecular flexibility index (Phi) is 5.34. The zero-order chi connectivity index (χ0) is 16.1. The van der Waals surface area contributed by atoms with Crippen LogP contribution in [0.1, 0.15) is 24.8 Å². The second kappa shape index (κ2) is 7.64. The normalized spacial score (nSPS) is 21.6. The van der Waals surface area contributed by atoms with Gasteiger partial charge in [0.1, 0.15) is 5.75 Å². The molecule has 1 amide bonds. The molecular formula is C19H26N2O2. The fourth-order valence-corrected chi connectivity index (χ4v) is 3.45. The van der Waals surface area contributed by atoms with Crippen molar-refractivity contribution in [2.75, 3.05) is 33.3 Å². The summed E-state index contributed by atoms with van der Waals surface area (Å²) < 4.78 is 5.42. The molecule has 0 aromatic heterocycles. The second-order valence-electron chi connectivity index (χ2n) is 6.44. The van der Waals surface area contributed by atoms with Crippen LogP contribution in [0.4, 0.5) is 0 Å². The summed E-state index contributed by atoms with van der Waals surface area (Å²) in [5, 5.41) is 0. The van der Waals surface area contributed by atoms with Gasteiger partial charge in [0, 0.05) is 44.7 Å². The number of hydrogen-bond donors (Lipinski definition) is 0. The van der Waals surface area contributed by atoms with Gasteiger partial charge < -0.3 is 9.64 Å². The highest BCUT2D eigenvalue weighted by Crippen LogP contribution is 2.23. The van der Waals surface area contributed by atoms with E-state index < -0.39 is 0 Å². The maximum atomic E-state index is 12.4. The number of nitrogens with zero attached hydrogens (tertiary/aromatic N) is 2. The number of carbonyl (C=O) groups excluding carboxylic acids is 1. The molecule has 1 unspecified atom stereocenters. The van der Waals surface area contributed by atoms with Crippen molar-refractivity contribution in [3.8, 4) is 5.75 Å². The van der Waals surface area contributed by atoms with Crippen LogP contribution in [0.3, 0.4) is 0 Å². The van der Waals surface area contributed by atoms with Gasteiger partial charge in [-0.25, -0.2) is 0 Å². The van der Waals surface area contributed by atoms with Gasteiger partial charge in [-0.2, -0.15) is 0 Å². The third-order valence-electron chi connectivity index (χ3n) is 4.86. The van der Waals surface area contributed by atoms with Crippen molar-refractivity contribution < 1.29 is 9.53 Å². The van der Waals surface area contributed by atoms with E-state index in [0.717, 1.165) is 51.3 Å². The minimum absolute atomic E-state index is 0.318. The summed E-state index contributed by atoms with van der Waals surface area (Å²) >= 11 is 0. The highest BCUT2D eigenvalue weighted by atomic mass is 16.5. The van der Waals surface area contributed by atoms with Crippen LogP contribution in [0, 0.1) is 5.92 Å². The standard InChI is InChI=1S/C19H26N2O2/c1-23-18-9-5-4-8-17(18)15-20-10-12-21(13-11-20)19(22)14-16-6-2-3-7-16/h2,4-6,8-9,16H,3,7,10-15H2,1H3. The lowest BCUT2D eigenvalue weighted by molar-refractivity contribution is -0.133. The van der Waals surface area contributed by atoms with Crippen molar-refractivity contribution in [3.05, 3.63) is 42.0 Å². The van der Waals surface area contributed by atoms with Crippen molar-refractivity contribution in [2.24, 2.45) is 5.92 Å². The first-order valence-electron chi connectivity index (χ1n) is 8.55. The molecule has 1 aliphatic heterocycles. The van der Waals surface area contributed by atoms with Crippen molar-refractivity contribution >= 4 is 5.91 Å². The molecule has 4 nitrogen and oxygen atoms in total. The quantitative estimate of drug-likeness (QED) is 0.784. The number of methoxy groups -OCH3 is 1. The Morgan fingerprint density at radius 1 is 1.22 bits per heavy atom. The predicted octanol–water partition coefficient (Wildman–Crippen LogP) is 2.70. The van der Waals surface area contributed by atoms with Crippen LogP contribution < -0.4 is 4.74 Å². The largest absolute Gasteiger partial charge is 0.496 e. The Morgan fingerprint density at radius 2 is 2.00 bits per heavy atom. The minimum Gasteiger partial charge on any atom is -0.496 e. The molecule has 0 N–H and O–H groups in total. The summed E-state index contributed by atoms with van der Waals surface area (Å²) in [5.74, 6) is 1.73. The molecule has 1 heterocycles. The lowest BCUT2D eigenvalue weighted by atomic mass is 10.0. The molecule has 1 atom stereocenters. The number of rotatable bonds is 5. The molecule has 1 saturated heterocycles. The Labute approximate surface area is 138 Å². The van der Waals surface area contributed by atoms with Crippen LogP contribution in [0.2, 0.25) is 0 Å². The summed E-state index contributed by atoms with van der Waals surface area (Å²) in [6.45, 7) is 4.43. The third-order valence-corrected chi connectivity index (χ3v) is 4.86. The Bertz CT molecular complexity index is 562. The molecule has 124 valence electrons. The van der Waals surface area contributed by atoms with Gasteiger partial charge >= 0.3 is 0 Å². The monoisotopic (exact) mass is 314 g/mol. The van der Waals surface area contributed by atoms with Gasteiger partial charge in [0.15, 0.2) is 0 Å². The first-order valence-corrected chi connectivity index (χ1v) is 8.55. The average Bonchev–Trinajstić information content (AvgIpc) is 3.09. The Hall–Kier alpha value is -1.81. The van der Waals surface area contributed by atoms with E-state index in [1.54, 1.807) is 7.11 Å². The number of benzene rings is 1. The number of amides is 1. The van der Waals surface area contributed by atoms with E-state index in [4.69, 9.17) is 4.74 Å². The third kappa shape index (κ3) is 4.14. The molecule has 23 heavy (non-hydrogen) atoms. The highest BCUT2D eigenvalue weighted by molar-refractivity contribution is 5.76. The summed E-state index contributed by atoms with van der Waals surface area (Å²) in [4.78, 5) is 16.8. The average molecular weight is 314 g/mol. The smallest absolute Gasteiger partial charge is 0.223 e. The van der Waals surface area contributed by atoms with E-state index in [-0.39, 0.29) is 0 Å². The molecular weight excluding hydrogens is 288 g/mol. The van der Waals surface area contributed by atoms with E-state index >= 15 is 0 Å². The number of carbonyl (C=O) groups is 1. The second-order valence-corrected chi connectivity index (χ2v) is 6.44. The van der Waals surface area contributed by atoms with Gasteiger partial charge in [0.05, 0.1) is 7.11 Å². The molecule has 4 heteroatoms. The van der Waals surface area contributed by atoms with Crippen LogP contribution >= 0.6 is 0 Å². The van der Waals surface area contributed by atoms with E-state index in [1.165, 1.54) is 5.56 Å². The lowest BCUT2D eigenvalue weighted by Gasteiger charge is -2.35. The van der Waals surface area contributed by atoms with Crippen molar-refractivity contribution in [2.45, 2.75) is 25.8 Å². The van der Waals surface area contributed by atoms with Gasteiger partial charge in [0.2, 0.25) is 5.91 Å². The van der Waals surface area contributed by atoms with Gasteiger partial charge in [-0.05, 0) is 24.8 Å². The summed E-state index contributed by atoms with van der Waals surface area (Å²) in [7, 11) is 1.72. The topological polar surface area (TPSA) is 32.8 Å². The van der Waals surface area contributed by atoms with Crippen molar-refractivity contribution in [1.29, 1.82) is 0 Å². The SMILES string of the molecule is COc1ccccc1CN1CCN(C(=O)CC2C=CCC2)CC1. The van der Waals surface area contributed by atoms with Gasteiger partial charge in [-0.1, -0.05) is 30.4 Å². The van der Waals surface area contributed by atoms with Gasteiger partial charge in [-0.3, -0.25) is 9.69 Å². The van der Waals surface area contributed by atoms with Crippen molar-refractivity contribution in [3.63, 3.8) is 0 Å². The van der Waals surface area contributed by atoms with Crippen LogP contribution in [0.25, 0.3) is 0 Å². The van der Waals surface area contributed by atoms with Crippen LogP contribution in [0.5, 0.6) is 5.75 Å². The summed E-state index contributed by atoms with van der Waals surface area (Å²) in [6, 6.07) is 8.16. The summed E-state index contributed by atoms with van der Waals surface area (Å²) in [5.41, 5.74) is 1.21. The number of piperazine rings is 1.